The molecule has 1 atom stereocenters. The van der Waals surface area contributed by atoms with E-state index >= 15 is 0 Å². The van der Waals surface area contributed by atoms with Crippen molar-refractivity contribution in [1.82, 2.24) is 24.8 Å². The third kappa shape index (κ3) is 4.40. The number of H-pyrrole nitrogens is 1. The lowest BCUT2D eigenvalue weighted by Gasteiger charge is -2.33. The van der Waals surface area contributed by atoms with E-state index in [1.54, 1.807) is 11.1 Å². The Balaban J connectivity index is 1.39. The number of hydrogen-bond acceptors (Lipinski definition) is 4. The van der Waals surface area contributed by atoms with Crippen LogP contribution >= 0.6 is 0 Å². The number of aromatic amines is 1. The average Bonchev–Trinajstić information content (AvgIpc) is 3.55. The summed E-state index contributed by atoms with van der Waals surface area (Å²) in [5.74, 6) is 0.0901. The number of benzene rings is 1. The van der Waals surface area contributed by atoms with Crippen LogP contribution in [0.4, 0.5) is 4.79 Å². The number of aromatic nitrogens is 3. The molecular weight excluding hydrogens is 478 g/mol. The van der Waals surface area contributed by atoms with Crippen LogP contribution < -0.4 is 0 Å². The van der Waals surface area contributed by atoms with E-state index in [1.165, 1.54) is 5.56 Å². The van der Waals surface area contributed by atoms with Crippen molar-refractivity contribution in [3.8, 4) is 11.1 Å². The van der Waals surface area contributed by atoms with Gasteiger partial charge in [0.2, 0.25) is 5.91 Å². The van der Waals surface area contributed by atoms with Gasteiger partial charge in [0.05, 0.1) is 12.5 Å². The Hall–Kier alpha value is -4.20. The van der Waals surface area contributed by atoms with Crippen LogP contribution in [0.3, 0.4) is 0 Å². The molecule has 0 unspecified atom stereocenters. The molecule has 2 aliphatic heterocycles. The van der Waals surface area contributed by atoms with Crippen LogP contribution in [0.2, 0.25) is 0 Å². The van der Waals surface area contributed by atoms with Crippen molar-refractivity contribution in [2.75, 3.05) is 13.1 Å². The minimum Gasteiger partial charge on any atom is -0.465 e. The number of carbonyl (C=O) groups excluding carboxylic acids is 1. The molecule has 2 amide bonds. The van der Waals surface area contributed by atoms with Crippen LogP contribution in [0.1, 0.15) is 52.4 Å². The second-order valence-electron chi connectivity index (χ2n) is 10.5. The lowest BCUT2D eigenvalue weighted by molar-refractivity contribution is -0.131. The maximum Gasteiger partial charge on any atom is 0.407 e. The topological polar surface area (TPSA) is 102 Å². The molecule has 2 N–H and O–H groups in total. The fourth-order valence-electron chi connectivity index (χ4n) is 6.02. The minimum atomic E-state index is -0.877. The van der Waals surface area contributed by atoms with E-state index in [9.17, 15) is 14.7 Å². The predicted octanol–water partition coefficient (Wildman–Crippen LogP) is 5.18. The van der Waals surface area contributed by atoms with Crippen molar-refractivity contribution >= 4 is 23.0 Å². The Kier molecular flexibility index (Phi) is 6.10. The SMILES string of the molecule is Cc1cc(CC(=O)N2CCc3c(cc(-c4cnc5[nH]cc(C)c5c4)cc3[C@@H]3CCCN3C(=O)O)C2)ccn1. The number of nitrogens with zero attached hydrogens (tertiary/aromatic N) is 4. The van der Waals surface area contributed by atoms with Gasteiger partial charge >= 0.3 is 6.09 Å². The smallest absolute Gasteiger partial charge is 0.407 e. The molecule has 2 aliphatic rings. The van der Waals surface area contributed by atoms with Crippen molar-refractivity contribution in [1.29, 1.82) is 0 Å². The van der Waals surface area contributed by atoms with Gasteiger partial charge in [-0.2, -0.15) is 0 Å². The molecule has 5 heterocycles. The molecule has 1 aromatic carbocycles. The van der Waals surface area contributed by atoms with E-state index in [0.717, 1.165) is 62.9 Å². The zero-order chi connectivity index (χ0) is 26.4. The summed E-state index contributed by atoms with van der Waals surface area (Å²) in [6.45, 7) is 5.67. The maximum atomic E-state index is 13.3. The summed E-state index contributed by atoms with van der Waals surface area (Å²) < 4.78 is 0. The molecule has 38 heavy (non-hydrogen) atoms. The summed E-state index contributed by atoms with van der Waals surface area (Å²) >= 11 is 0. The lowest BCUT2D eigenvalue weighted by atomic mass is 9.86. The third-order valence-electron chi connectivity index (χ3n) is 7.97. The highest BCUT2D eigenvalue weighted by Gasteiger charge is 2.34. The molecule has 0 saturated carbocycles. The zero-order valence-electron chi connectivity index (χ0n) is 21.7. The van der Waals surface area contributed by atoms with Gasteiger partial charge in [-0.15, -0.1) is 0 Å². The van der Waals surface area contributed by atoms with E-state index in [2.05, 4.69) is 40.1 Å². The van der Waals surface area contributed by atoms with Gasteiger partial charge in [0.1, 0.15) is 5.65 Å². The molecular formula is C30H31N5O3. The molecule has 4 aromatic rings. The van der Waals surface area contributed by atoms with Crippen LogP contribution in [0.15, 0.2) is 48.9 Å². The Bertz CT molecular complexity index is 1560. The van der Waals surface area contributed by atoms with E-state index in [0.29, 0.717) is 32.5 Å². The molecule has 0 bridgehead atoms. The summed E-state index contributed by atoms with van der Waals surface area (Å²) in [5.41, 5.74) is 9.17. The maximum absolute atomic E-state index is 13.3. The lowest BCUT2D eigenvalue weighted by Crippen LogP contribution is -2.38. The summed E-state index contributed by atoms with van der Waals surface area (Å²) in [6, 6.07) is 10.1. The molecule has 0 radical (unpaired) electrons. The fourth-order valence-corrected chi connectivity index (χ4v) is 6.02. The molecule has 6 rings (SSSR count). The van der Waals surface area contributed by atoms with E-state index in [-0.39, 0.29) is 11.9 Å². The molecule has 8 nitrogen and oxygen atoms in total. The molecule has 0 aliphatic carbocycles. The zero-order valence-corrected chi connectivity index (χ0v) is 21.7. The molecule has 1 saturated heterocycles. The van der Waals surface area contributed by atoms with Crippen LogP contribution in [-0.2, 0) is 24.2 Å². The first-order valence-corrected chi connectivity index (χ1v) is 13.2. The van der Waals surface area contributed by atoms with Crippen molar-refractivity contribution < 1.29 is 14.7 Å². The molecule has 194 valence electrons. The second-order valence-corrected chi connectivity index (χ2v) is 10.5. The standard InChI is InChI=1S/C30H31N5O3/c1-18-15-32-29-25(18)14-22(16-33-29)21-12-23-17-34(28(36)11-20-5-7-31-19(2)10-20)9-6-24(23)26(13-21)27-4-3-8-35(27)30(37)38/h5,7,10,12-16,27H,3-4,6,8-9,11,17H2,1-2H3,(H,32,33)(H,37,38)/t27-/m0/s1. The number of aryl methyl sites for hydroxylation is 2. The Morgan fingerprint density at radius 3 is 2.79 bits per heavy atom. The number of likely N-dealkylation sites (tertiary alicyclic amines) is 1. The number of carboxylic acid groups (broad SMARTS) is 1. The minimum absolute atomic E-state index is 0.0901. The van der Waals surface area contributed by atoms with Crippen molar-refractivity contribution in [3.05, 3.63) is 82.4 Å². The Morgan fingerprint density at radius 2 is 1.97 bits per heavy atom. The van der Waals surface area contributed by atoms with Gasteiger partial charge in [-0.1, -0.05) is 0 Å². The Labute approximate surface area is 221 Å². The summed E-state index contributed by atoms with van der Waals surface area (Å²) in [6.07, 6.45) is 7.40. The average molecular weight is 510 g/mol. The van der Waals surface area contributed by atoms with Gasteiger partial charge in [-0.25, -0.2) is 9.78 Å². The number of rotatable bonds is 4. The van der Waals surface area contributed by atoms with Crippen molar-refractivity contribution in [2.24, 2.45) is 0 Å². The number of fused-ring (bicyclic) bond motifs is 2. The second kappa shape index (κ2) is 9.59. The van der Waals surface area contributed by atoms with E-state index in [1.807, 2.05) is 36.4 Å². The molecule has 0 spiro atoms. The largest absolute Gasteiger partial charge is 0.465 e. The Morgan fingerprint density at radius 1 is 1.11 bits per heavy atom. The van der Waals surface area contributed by atoms with Crippen LogP contribution in [-0.4, -0.2) is 54.9 Å². The van der Waals surface area contributed by atoms with E-state index < -0.39 is 6.09 Å². The van der Waals surface area contributed by atoms with Crippen molar-refractivity contribution in [2.45, 2.75) is 52.1 Å². The summed E-state index contributed by atoms with van der Waals surface area (Å²) in [4.78, 5) is 40.9. The molecule has 1 fully saturated rings. The third-order valence-corrected chi connectivity index (χ3v) is 7.97. The van der Waals surface area contributed by atoms with Gasteiger partial charge in [0.25, 0.3) is 0 Å². The normalized spacial score (nSPS) is 17.2. The fraction of sp³-hybridized carbons (Fsp3) is 0.333. The monoisotopic (exact) mass is 509 g/mol. The summed E-state index contributed by atoms with van der Waals surface area (Å²) in [7, 11) is 0. The van der Waals surface area contributed by atoms with Crippen LogP contribution in [0.25, 0.3) is 22.2 Å². The van der Waals surface area contributed by atoms with Crippen molar-refractivity contribution in [3.63, 3.8) is 0 Å². The highest BCUT2D eigenvalue weighted by Crippen LogP contribution is 2.40. The molecule has 3 aromatic heterocycles. The van der Waals surface area contributed by atoms with Gasteiger partial charge in [0, 0.05) is 54.9 Å². The number of hydrogen-bond donors (Lipinski definition) is 2. The predicted molar refractivity (Wildman–Crippen MR) is 145 cm³/mol. The van der Waals surface area contributed by atoms with Crippen LogP contribution in [0, 0.1) is 13.8 Å². The van der Waals surface area contributed by atoms with Gasteiger partial charge in [0.15, 0.2) is 0 Å². The number of carbonyl (C=O) groups is 2. The first kappa shape index (κ1) is 24.2. The highest BCUT2D eigenvalue weighted by atomic mass is 16.4. The summed E-state index contributed by atoms with van der Waals surface area (Å²) in [5, 5.41) is 11.0. The number of amides is 2. The number of nitrogens with one attached hydrogen (secondary N) is 1. The first-order valence-electron chi connectivity index (χ1n) is 13.2. The van der Waals surface area contributed by atoms with Gasteiger partial charge in [-0.05, 0) is 96.8 Å². The first-order chi connectivity index (χ1) is 18.4. The van der Waals surface area contributed by atoms with Gasteiger partial charge in [-0.3, -0.25) is 9.78 Å². The quantitative estimate of drug-likeness (QED) is 0.394. The highest BCUT2D eigenvalue weighted by molar-refractivity contribution is 5.85. The van der Waals surface area contributed by atoms with Gasteiger partial charge < -0.3 is 19.9 Å². The molecule has 8 heteroatoms. The van der Waals surface area contributed by atoms with Crippen LogP contribution in [0.5, 0.6) is 0 Å². The van der Waals surface area contributed by atoms with E-state index in [4.69, 9.17) is 0 Å². The number of pyridine rings is 2.